The van der Waals surface area contributed by atoms with Gasteiger partial charge in [0.1, 0.15) is 5.82 Å². The molecule has 1 aliphatic rings. The first kappa shape index (κ1) is 12.7. The van der Waals surface area contributed by atoms with Crippen LogP contribution < -0.4 is 0 Å². The molecule has 0 aliphatic heterocycles. The molecular weight excluding hydrogens is 232 g/mol. The molecule has 1 fully saturated rings. The van der Waals surface area contributed by atoms with Crippen LogP contribution in [0.25, 0.3) is 11.0 Å². The first-order valence-electron chi connectivity index (χ1n) is 7.59. The van der Waals surface area contributed by atoms with E-state index in [0.717, 1.165) is 23.3 Å². The van der Waals surface area contributed by atoms with Crippen molar-refractivity contribution in [1.82, 2.24) is 9.97 Å². The van der Waals surface area contributed by atoms with Crippen LogP contribution >= 0.6 is 0 Å². The van der Waals surface area contributed by atoms with Crippen molar-refractivity contribution in [3.05, 3.63) is 30.1 Å². The number of rotatable bonds is 2. The topological polar surface area (TPSA) is 28.7 Å². The van der Waals surface area contributed by atoms with Gasteiger partial charge in [-0.25, -0.2) is 4.98 Å². The molecule has 3 unspecified atom stereocenters. The maximum atomic E-state index is 4.85. The van der Waals surface area contributed by atoms with E-state index in [4.69, 9.17) is 4.98 Å². The lowest BCUT2D eigenvalue weighted by molar-refractivity contribution is 0.192. The minimum atomic E-state index is 0.608. The highest BCUT2D eigenvalue weighted by atomic mass is 14.9. The minimum Gasteiger partial charge on any atom is -0.342 e. The van der Waals surface area contributed by atoms with E-state index >= 15 is 0 Å². The quantitative estimate of drug-likeness (QED) is 0.826. The Balaban J connectivity index is 1.96. The van der Waals surface area contributed by atoms with E-state index in [1.165, 1.54) is 30.6 Å². The van der Waals surface area contributed by atoms with E-state index in [1.807, 2.05) is 0 Å². The van der Waals surface area contributed by atoms with E-state index in [1.54, 1.807) is 0 Å². The number of benzene rings is 1. The number of aromatic amines is 1. The lowest BCUT2D eigenvalue weighted by Crippen LogP contribution is -2.26. The summed E-state index contributed by atoms with van der Waals surface area (Å²) >= 11 is 0. The summed E-state index contributed by atoms with van der Waals surface area (Å²) in [5.41, 5.74) is 2.29. The molecule has 1 N–H and O–H groups in total. The normalized spacial score (nSPS) is 28.1. The van der Waals surface area contributed by atoms with E-state index < -0.39 is 0 Å². The van der Waals surface area contributed by atoms with Gasteiger partial charge in [-0.05, 0) is 42.7 Å². The zero-order valence-corrected chi connectivity index (χ0v) is 12.2. The molecule has 0 spiro atoms. The molecule has 2 aromatic rings. The third-order valence-electron chi connectivity index (χ3n) is 4.78. The summed E-state index contributed by atoms with van der Waals surface area (Å²) in [6, 6.07) is 8.37. The first-order chi connectivity index (χ1) is 9.15. The van der Waals surface area contributed by atoms with Crippen molar-refractivity contribution < 1.29 is 0 Å². The Morgan fingerprint density at radius 3 is 2.74 bits per heavy atom. The monoisotopic (exact) mass is 256 g/mol. The molecule has 0 bridgehead atoms. The van der Waals surface area contributed by atoms with Gasteiger partial charge in [0, 0.05) is 5.92 Å². The van der Waals surface area contributed by atoms with Crippen LogP contribution in [0.4, 0.5) is 0 Å². The van der Waals surface area contributed by atoms with Crippen molar-refractivity contribution in [1.29, 1.82) is 0 Å². The van der Waals surface area contributed by atoms with Crippen LogP contribution in [0.1, 0.15) is 51.8 Å². The molecule has 3 atom stereocenters. The van der Waals surface area contributed by atoms with Crippen LogP contribution in [0.5, 0.6) is 0 Å². The van der Waals surface area contributed by atoms with Crippen molar-refractivity contribution in [3.63, 3.8) is 0 Å². The Morgan fingerprint density at radius 1 is 1.21 bits per heavy atom. The third kappa shape index (κ3) is 2.41. The molecule has 0 saturated heterocycles. The molecule has 1 heterocycles. The molecule has 2 heteroatoms. The van der Waals surface area contributed by atoms with Crippen molar-refractivity contribution >= 4 is 11.0 Å². The zero-order valence-electron chi connectivity index (χ0n) is 12.2. The number of hydrogen-bond acceptors (Lipinski definition) is 1. The number of imidazole rings is 1. The summed E-state index contributed by atoms with van der Waals surface area (Å²) in [6.45, 7) is 7.10. The van der Waals surface area contributed by atoms with Crippen molar-refractivity contribution in [3.8, 4) is 0 Å². The SMILES string of the molecule is CC1CCC(C(C)C)C(c2nc3ccccc3[nH]2)C1. The Hall–Kier alpha value is -1.31. The second kappa shape index (κ2) is 4.99. The average Bonchev–Trinajstić information content (AvgIpc) is 2.81. The molecule has 0 radical (unpaired) electrons. The summed E-state index contributed by atoms with van der Waals surface area (Å²) in [5, 5.41) is 0. The van der Waals surface area contributed by atoms with Gasteiger partial charge in [-0.15, -0.1) is 0 Å². The fraction of sp³-hybridized carbons (Fsp3) is 0.588. The van der Waals surface area contributed by atoms with Crippen LogP contribution in [0.15, 0.2) is 24.3 Å². The van der Waals surface area contributed by atoms with Crippen molar-refractivity contribution in [2.24, 2.45) is 17.8 Å². The Morgan fingerprint density at radius 2 is 2.00 bits per heavy atom. The molecule has 3 rings (SSSR count). The molecule has 0 amide bonds. The van der Waals surface area contributed by atoms with Gasteiger partial charge < -0.3 is 4.98 Å². The minimum absolute atomic E-state index is 0.608. The zero-order chi connectivity index (χ0) is 13.4. The van der Waals surface area contributed by atoms with Crippen LogP contribution in [-0.4, -0.2) is 9.97 Å². The largest absolute Gasteiger partial charge is 0.342 e. The van der Waals surface area contributed by atoms with Gasteiger partial charge in [-0.3, -0.25) is 0 Å². The van der Waals surface area contributed by atoms with Crippen LogP contribution in [-0.2, 0) is 0 Å². The second-order valence-corrected chi connectivity index (χ2v) is 6.57. The molecule has 1 aromatic carbocycles. The molecule has 102 valence electrons. The number of para-hydroxylation sites is 2. The highest BCUT2D eigenvalue weighted by molar-refractivity contribution is 5.74. The van der Waals surface area contributed by atoms with Crippen molar-refractivity contribution in [2.75, 3.05) is 0 Å². The summed E-state index contributed by atoms with van der Waals surface area (Å²) in [7, 11) is 0. The van der Waals surface area contributed by atoms with Gasteiger partial charge in [-0.1, -0.05) is 39.3 Å². The number of hydrogen-bond donors (Lipinski definition) is 1. The van der Waals surface area contributed by atoms with Crippen LogP contribution in [0, 0.1) is 17.8 Å². The standard InChI is InChI=1S/C17H24N2/c1-11(2)13-9-8-12(3)10-14(13)17-18-15-6-4-5-7-16(15)19-17/h4-7,11-14H,8-10H2,1-3H3,(H,18,19). The summed E-state index contributed by atoms with van der Waals surface area (Å²) < 4.78 is 0. The smallest absolute Gasteiger partial charge is 0.110 e. The fourth-order valence-electron chi connectivity index (χ4n) is 3.66. The number of H-pyrrole nitrogens is 1. The van der Waals surface area contributed by atoms with E-state index in [-0.39, 0.29) is 0 Å². The lowest BCUT2D eigenvalue weighted by atomic mass is 9.70. The van der Waals surface area contributed by atoms with Gasteiger partial charge >= 0.3 is 0 Å². The predicted octanol–water partition coefficient (Wildman–Crippen LogP) is 4.74. The molecule has 1 aliphatic carbocycles. The molecular formula is C17H24N2. The highest BCUT2D eigenvalue weighted by Crippen LogP contribution is 2.43. The second-order valence-electron chi connectivity index (χ2n) is 6.57. The molecule has 2 nitrogen and oxygen atoms in total. The van der Waals surface area contributed by atoms with Crippen molar-refractivity contribution in [2.45, 2.75) is 46.0 Å². The lowest BCUT2D eigenvalue weighted by Gasteiger charge is -2.36. The Kier molecular flexibility index (Phi) is 3.34. The first-order valence-corrected chi connectivity index (χ1v) is 7.59. The van der Waals surface area contributed by atoms with Gasteiger partial charge in [0.2, 0.25) is 0 Å². The number of nitrogens with zero attached hydrogens (tertiary/aromatic N) is 1. The third-order valence-corrected chi connectivity index (χ3v) is 4.78. The maximum Gasteiger partial charge on any atom is 0.110 e. The number of aromatic nitrogens is 2. The van der Waals surface area contributed by atoms with Gasteiger partial charge in [0.25, 0.3) is 0 Å². The Bertz CT molecular complexity index is 522. The van der Waals surface area contributed by atoms with E-state index in [2.05, 4.69) is 50.0 Å². The maximum absolute atomic E-state index is 4.85. The summed E-state index contributed by atoms with van der Waals surface area (Å²) in [4.78, 5) is 8.41. The predicted molar refractivity (Wildman–Crippen MR) is 80.2 cm³/mol. The molecule has 19 heavy (non-hydrogen) atoms. The average molecular weight is 256 g/mol. The van der Waals surface area contributed by atoms with Gasteiger partial charge in [-0.2, -0.15) is 0 Å². The highest BCUT2D eigenvalue weighted by Gasteiger charge is 2.33. The van der Waals surface area contributed by atoms with E-state index in [0.29, 0.717) is 5.92 Å². The fourth-order valence-corrected chi connectivity index (χ4v) is 3.66. The summed E-state index contributed by atoms with van der Waals surface area (Å²) in [5.74, 6) is 4.17. The Labute approximate surface area is 115 Å². The van der Waals surface area contributed by atoms with E-state index in [9.17, 15) is 0 Å². The number of nitrogens with one attached hydrogen (secondary N) is 1. The molecule has 1 saturated carbocycles. The number of fused-ring (bicyclic) bond motifs is 1. The van der Waals surface area contributed by atoms with Crippen LogP contribution in [0.2, 0.25) is 0 Å². The van der Waals surface area contributed by atoms with Gasteiger partial charge in [0.05, 0.1) is 11.0 Å². The van der Waals surface area contributed by atoms with Crippen LogP contribution in [0.3, 0.4) is 0 Å². The van der Waals surface area contributed by atoms with Gasteiger partial charge in [0.15, 0.2) is 0 Å². The summed E-state index contributed by atoms with van der Waals surface area (Å²) in [6.07, 6.45) is 4.00. The molecule has 1 aromatic heterocycles.